The fraction of sp³-hybridized carbons (Fsp3) is 0.111. The van der Waals surface area contributed by atoms with E-state index >= 15 is 0 Å². The average Bonchev–Trinajstić information content (AvgIpc) is 2.05. The van der Waals surface area contributed by atoms with Gasteiger partial charge in [0.15, 0.2) is 0 Å². The Morgan fingerprint density at radius 2 is 1.67 bits per heavy atom. The number of nitrogens with zero attached hydrogens (tertiary/aromatic N) is 2. The fourth-order valence-electron chi connectivity index (χ4n) is 1.09. The minimum Gasteiger partial charge on any atom is -0.251 e. The van der Waals surface area contributed by atoms with Crippen LogP contribution < -0.4 is 0 Å². The molecular weight excluding hydrogens is 263 g/mol. The summed E-state index contributed by atoms with van der Waals surface area (Å²) in [5, 5.41) is 0. The van der Waals surface area contributed by atoms with Crippen molar-refractivity contribution < 1.29 is 0 Å². The predicted octanol–water partition coefficient (Wildman–Crippen LogP) is 2.54. The molecule has 3 heteroatoms. The highest BCUT2D eigenvalue weighted by Gasteiger charge is 1.96. The standard InChI is InChI=1S/C9H7IN2/c1-6-2-3-8-7(11-6)4-5-9(10)12-8/h2-5H,1H3. The van der Waals surface area contributed by atoms with Gasteiger partial charge < -0.3 is 0 Å². The second-order valence-electron chi connectivity index (χ2n) is 2.62. The third-order valence-corrected chi connectivity index (χ3v) is 2.25. The van der Waals surface area contributed by atoms with Crippen molar-refractivity contribution in [3.63, 3.8) is 0 Å². The first-order valence-corrected chi connectivity index (χ1v) is 4.73. The minimum absolute atomic E-state index is 0.965. The molecule has 60 valence electrons. The molecule has 2 rings (SSSR count). The van der Waals surface area contributed by atoms with Crippen molar-refractivity contribution >= 4 is 33.6 Å². The Morgan fingerprint density at radius 1 is 1.00 bits per heavy atom. The molecule has 0 amide bonds. The molecule has 2 aromatic heterocycles. The van der Waals surface area contributed by atoms with Crippen molar-refractivity contribution in [2.75, 3.05) is 0 Å². The normalized spacial score (nSPS) is 10.5. The van der Waals surface area contributed by atoms with Crippen LogP contribution in [-0.4, -0.2) is 9.97 Å². The lowest BCUT2D eigenvalue weighted by molar-refractivity contribution is 1.22. The van der Waals surface area contributed by atoms with Gasteiger partial charge in [0.25, 0.3) is 0 Å². The van der Waals surface area contributed by atoms with Crippen LogP contribution in [-0.2, 0) is 0 Å². The molecule has 0 saturated carbocycles. The molecule has 0 aliphatic rings. The number of pyridine rings is 2. The summed E-state index contributed by atoms with van der Waals surface area (Å²) in [6.45, 7) is 1.98. The number of halogens is 1. The van der Waals surface area contributed by atoms with E-state index in [4.69, 9.17) is 0 Å². The second kappa shape index (κ2) is 2.97. The van der Waals surface area contributed by atoms with Crippen LogP contribution in [0.3, 0.4) is 0 Å². The molecule has 2 nitrogen and oxygen atoms in total. The van der Waals surface area contributed by atoms with Gasteiger partial charge in [-0.05, 0) is 53.8 Å². The molecule has 12 heavy (non-hydrogen) atoms. The maximum atomic E-state index is 4.35. The molecule has 0 saturated heterocycles. The second-order valence-corrected chi connectivity index (χ2v) is 3.73. The molecule has 0 unspecified atom stereocenters. The zero-order valence-electron chi connectivity index (χ0n) is 6.58. The van der Waals surface area contributed by atoms with E-state index in [1.165, 1.54) is 0 Å². The minimum atomic E-state index is 0.965. The first kappa shape index (κ1) is 7.91. The first-order valence-electron chi connectivity index (χ1n) is 3.65. The van der Waals surface area contributed by atoms with Crippen LogP contribution in [0.5, 0.6) is 0 Å². The Balaban J connectivity index is 2.79. The van der Waals surface area contributed by atoms with E-state index < -0.39 is 0 Å². The fourth-order valence-corrected chi connectivity index (χ4v) is 1.53. The van der Waals surface area contributed by atoms with Crippen LogP contribution in [0.15, 0.2) is 24.3 Å². The molecule has 0 atom stereocenters. The van der Waals surface area contributed by atoms with Gasteiger partial charge in [-0.25, -0.2) is 4.98 Å². The lowest BCUT2D eigenvalue weighted by Gasteiger charge is -1.97. The largest absolute Gasteiger partial charge is 0.251 e. The van der Waals surface area contributed by atoms with Crippen molar-refractivity contribution in [1.82, 2.24) is 9.97 Å². The number of fused-ring (bicyclic) bond motifs is 1. The summed E-state index contributed by atoms with van der Waals surface area (Å²) in [5.41, 5.74) is 2.97. The Morgan fingerprint density at radius 3 is 2.50 bits per heavy atom. The zero-order valence-corrected chi connectivity index (χ0v) is 8.74. The van der Waals surface area contributed by atoms with Crippen LogP contribution in [0.25, 0.3) is 11.0 Å². The van der Waals surface area contributed by atoms with E-state index in [0.29, 0.717) is 0 Å². The van der Waals surface area contributed by atoms with E-state index in [9.17, 15) is 0 Å². The molecule has 0 fully saturated rings. The van der Waals surface area contributed by atoms with Crippen molar-refractivity contribution in [1.29, 1.82) is 0 Å². The molecular formula is C9H7IN2. The van der Waals surface area contributed by atoms with Crippen LogP contribution >= 0.6 is 22.6 Å². The van der Waals surface area contributed by atoms with Crippen molar-refractivity contribution in [3.05, 3.63) is 33.7 Å². The third kappa shape index (κ3) is 1.41. The van der Waals surface area contributed by atoms with Crippen molar-refractivity contribution in [3.8, 4) is 0 Å². The number of aryl methyl sites for hydroxylation is 1. The third-order valence-electron chi connectivity index (χ3n) is 1.65. The van der Waals surface area contributed by atoms with Crippen LogP contribution in [0, 0.1) is 10.6 Å². The Hall–Kier alpha value is -0.710. The topological polar surface area (TPSA) is 25.8 Å². The van der Waals surface area contributed by atoms with Gasteiger partial charge in [0, 0.05) is 5.69 Å². The van der Waals surface area contributed by atoms with E-state index in [0.717, 1.165) is 20.4 Å². The van der Waals surface area contributed by atoms with E-state index in [1.54, 1.807) is 0 Å². The van der Waals surface area contributed by atoms with Gasteiger partial charge in [0.1, 0.15) is 3.70 Å². The van der Waals surface area contributed by atoms with Gasteiger partial charge in [0.2, 0.25) is 0 Å². The SMILES string of the molecule is Cc1ccc2nc(I)ccc2n1. The van der Waals surface area contributed by atoms with Crippen LogP contribution in [0.2, 0.25) is 0 Å². The predicted molar refractivity (Wildman–Crippen MR) is 57.0 cm³/mol. The van der Waals surface area contributed by atoms with Crippen molar-refractivity contribution in [2.45, 2.75) is 6.92 Å². The molecule has 0 aliphatic carbocycles. The summed E-state index contributed by atoms with van der Waals surface area (Å²) in [6.07, 6.45) is 0. The number of hydrogen-bond acceptors (Lipinski definition) is 2. The number of hydrogen-bond donors (Lipinski definition) is 0. The number of rotatable bonds is 0. The van der Waals surface area contributed by atoms with Crippen LogP contribution in [0.4, 0.5) is 0 Å². The Bertz CT molecular complexity index is 385. The molecule has 0 spiro atoms. The molecule has 0 N–H and O–H groups in total. The smallest absolute Gasteiger partial charge is 0.102 e. The Labute approximate surface area is 84.2 Å². The molecule has 2 heterocycles. The summed E-state index contributed by atoms with van der Waals surface area (Å²) >= 11 is 2.20. The molecule has 0 bridgehead atoms. The average molecular weight is 270 g/mol. The first-order chi connectivity index (χ1) is 5.75. The van der Waals surface area contributed by atoms with Gasteiger partial charge in [-0.3, -0.25) is 4.98 Å². The lowest BCUT2D eigenvalue weighted by Crippen LogP contribution is -1.87. The van der Waals surface area contributed by atoms with Gasteiger partial charge >= 0.3 is 0 Å². The monoisotopic (exact) mass is 270 g/mol. The molecule has 0 aromatic carbocycles. The quantitative estimate of drug-likeness (QED) is 0.543. The zero-order chi connectivity index (χ0) is 8.55. The molecule has 0 aliphatic heterocycles. The summed E-state index contributed by atoms with van der Waals surface area (Å²) in [6, 6.07) is 7.94. The highest BCUT2D eigenvalue weighted by atomic mass is 127. The summed E-state index contributed by atoms with van der Waals surface area (Å²) in [4.78, 5) is 8.69. The number of aromatic nitrogens is 2. The van der Waals surface area contributed by atoms with Gasteiger partial charge in [0.05, 0.1) is 11.0 Å². The lowest BCUT2D eigenvalue weighted by atomic mass is 10.3. The van der Waals surface area contributed by atoms with Crippen molar-refractivity contribution in [2.24, 2.45) is 0 Å². The van der Waals surface area contributed by atoms with Gasteiger partial charge in [-0.15, -0.1) is 0 Å². The van der Waals surface area contributed by atoms with Gasteiger partial charge in [-0.2, -0.15) is 0 Å². The summed E-state index contributed by atoms with van der Waals surface area (Å²) in [5.74, 6) is 0. The summed E-state index contributed by atoms with van der Waals surface area (Å²) < 4.78 is 1.01. The molecule has 2 aromatic rings. The maximum absolute atomic E-state index is 4.35. The van der Waals surface area contributed by atoms with E-state index in [2.05, 4.69) is 32.6 Å². The van der Waals surface area contributed by atoms with Crippen LogP contribution in [0.1, 0.15) is 5.69 Å². The maximum Gasteiger partial charge on any atom is 0.102 e. The van der Waals surface area contributed by atoms with Gasteiger partial charge in [-0.1, -0.05) is 0 Å². The highest BCUT2D eigenvalue weighted by molar-refractivity contribution is 14.1. The molecule has 0 radical (unpaired) electrons. The highest BCUT2D eigenvalue weighted by Crippen LogP contribution is 2.11. The van der Waals surface area contributed by atoms with E-state index in [-0.39, 0.29) is 0 Å². The summed E-state index contributed by atoms with van der Waals surface area (Å²) in [7, 11) is 0. The van der Waals surface area contributed by atoms with E-state index in [1.807, 2.05) is 31.2 Å². The Kier molecular flexibility index (Phi) is 1.96.